The normalized spacial score (nSPS) is 37.1. The Balaban J connectivity index is 1.22. The zero-order valence-corrected chi connectivity index (χ0v) is 25.1. The van der Waals surface area contributed by atoms with Crippen LogP contribution in [0.4, 0.5) is 16.2 Å². The Morgan fingerprint density at radius 3 is 2.50 bits per heavy atom. The first-order valence-electron chi connectivity index (χ1n) is 13.3. The number of nitrogens with two attached hydrogens (primary N) is 2. The number of nitrogens with zero attached hydrogens (tertiary/aromatic N) is 7. The van der Waals surface area contributed by atoms with Crippen molar-refractivity contribution < 1.29 is 55.6 Å². The highest BCUT2D eigenvalue weighted by Gasteiger charge is 2.55. The van der Waals surface area contributed by atoms with Crippen LogP contribution in [0.3, 0.4) is 0 Å². The minimum absolute atomic E-state index is 0.0114. The Morgan fingerprint density at radius 2 is 1.76 bits per heavy atom. The van der Waals surface area contributed by atoms with E-state index in [2.05, 4.69) is 30.0 Å². The van der Waals surface area contributed by atoms with Crippen molar-refractivity contribution in [3.05, 3.63) is 34.9 Å². The summed E-state index contributed by atoms with van der Waals surface area (Å²) in [5.41, 5.74) is 10.7. The van der Waals surface area contributed by atoms with Crippen LogP contribution in [0, 0.1) is 0 Å². The second-order valence-corrected chi connectivity index (χ2v) is 13.1. The first-order valence-corrected chi connectivity index (χ1v) is 16.3. The molecule has 7 N–H and O–H groups in total. The monoisotopic (exact) mass is 690 g/mol. The van der Waals surface area contributed by atoms with Gasteiger partial charge in [-0.3, -0.25) is 32.4 Å². The van der Waals surface area contributed by atoms with Crippen LogP contribution in [-0.2, 0) is 41.4 Å². The van der Waals surface area contributed by atoms with Crippen molar-refractivity contribution in [2.45, 2.75) is 49.0 Å². The number of nitrogen functional groups attached to an aromatic ring is 2. The molecule has 0 aromatic carbocycles. The van der Waals surface area contributed by atoms with Gasteiger partial charge in [0.05, 0.1) is 31.4 Å². The summed E-state index contributed by atoms with van der Waals surface area (Å²) in [6, 6.07) is 0. The molecular formula is C21H25FN10O12P2. The fourth-order valence-corrected chi connectivity index (χ4v) is 7.44. The van der Waals surface area contributed by atoms with E-state index in [0.717, 1.165) is 17.2 Å². The van der Waals surface area contributed by atoms with E-state index in [0.29, 0.717) is 0 Å². The summed E-state index contributed by atoms with van der Waals surface area (Å²) >= 11 is 0. The van der Waals surface area contributed by atoms with Crippen LogP contribution in [0.1, 0.15) is 18.0 Å². The van der Waals surface area contributed by atoms with Gasteiger partial charge in [-0.15, -0.1) is 0 Å². The molecule has 7 heterocycles. The lowest BCUT2D eigenvalue weighted by atomic mass is 10.1. The average Bonchev–Trinajstić information content (AvgIpc) is 3.75. The molecule has 0 radical (unpaired) electrons. The van der Waals surface area contributed by atoms with Crippen LogP contribution in [0.15, 0.2) is 23.6 Å². The number of methoxy groups -OCH3 is 1. The third-order valence-corrected chi connectivity index (χ3v) is 9.51. The molecule has 25 heteroatoms. The second-order valence-electron chi connectivity index (χ2n) is 10.3. The molecule has 3 saturated heterocycles. The molecule has 10 atom stereocenters. The van der Waals surface area contributed by atoms with Crippen molar-refractivity contribution in [3.63, 3.8) is 0 Å². The Kier molecular flexibility index (Phi) is 7.68. The maximum Gasteiger partial charge on any atom is 0.472 e. The van der Waals surface area contributed by atoms with E-state index in [1.54, 1.807) is 0 Å². The number of aromatic amines is 1. The van der Waals surface area contributed by atoms with E-state index in [-0.39, 0.29) is 34.3 Å². The van der Waals surface area contributed by atoms with Crippen molar-refractivity contribution in [2.24, 2.45) is 0 Å². The molecule has 3 fully saturated rings. The molecule has 4 aromatic rings. The maximum atomic E-state index is 16.0. The van der Waals surface area contributed by atoms with Crippen LogP contribution in [-0.4, -0.2) is 106 Å². The molecule has 0 amide bonds. The fourth-order valence-electron chi connectivity index (χ4n) is 5.55. The van der Waals surface area contributed by atoms with Crippen LogP contribution in [0.2, 0.25) is 0 Å². The third-order valence-electron chi connectivity index (χ3n) is 7.54. The van der Waals surface area contributed by atoms with Crippen molar-refractivity contribution in [1.82, 2.24) is 39.1 Å². The number of imidazole rings is 2. The minimum Gasteiger partial charge on any atom is -0.381 e. The van der Waals surface area contributed by atoms with Crippen LogP contribution < -0.4 is 17.0 Å². The molecular weight excluding hydrogens is 665 g/mol. The predicted molar refractivity (Wildman–Crippen MR) is 146 cm³/mol. The molecule has 10 unspecified atom stereocenters. The number of nitrogens with one attached hydrogen (secondary N) is 1. The quantitative estimate of drug-likeness (QED) is 0.163. The number of ether oxygens (including phenoxy) is 3. The number of rotatable bonds is 3. The van der Waals surface area contributed by atoms with Crippen LogP contribution in [0.5, 0.6) is 0 Å². The van der Waals surface area contributed by atoms with Gasteiger partial charge in [-0.2, -0.15) is 10.1 Å². The fraction of sp³-hybridized carbons (Fsp3) is 0.524. The highest BCUT2D eigenvalue weighted by molar-refractivity contribution is 7.47. The van der Waals surface area contributed by atoms with E-state index in [1.165, 1.54) is 17.9 Å². The minimum atomic E-state index is -5.10. The van der Waals surface area contributed by atoms with Gasteiger partial charge in [0.15, 0.2) is 35.0 Å². The van der Waals surface area contributed by atoms with E-state index >= 15 is 4.39 Å². The Labute approximate surface area is 254 Å². The standard InChI is InChI=1S/C21H25FN10O12P2/c1-38-14-9-4-40-45(34,35)43-13-8(41-12(10(13)22)7-2-25-18-16(23)26-5-28-32(7)18)3-39-46(36,37)44-15(14)20(42-9)31-6-27-11-17(31)29-21(24)30-19(11)33/h2,5-6,8-10,12-15,20H,3-4H2,1H3,(H,34,35)(H,36,37)(H2,23,26,28)(H3,24,29,30,33). The van der Waals surface area contributed by atoms with Gasteiger partial charge in [-0.25, -0.2) is 33.0 Å². The number of alkyl halides is 1. The van der Waals surface area contributed by atoms with E-state index in [1.807, 2.05) is 0 Å². The summed E-state index contributed by atoms with van der Waals surface area (Å²) in [5.74, 6) is -0.271. The Hall–Kier alpha value is -3.47. The molecule has 0 spiro atoms. The van der Waals surface area contributed by atoms with E-state index < -0.39 is 83.4 Å². The largest absolute Gasteiger partial charge is 0.472 e. The number of fused-ring (bicyclic) bond motifs is 5. The number of anilines is 2. The SMILES string of the molecule is COC1C2COP(=O)(O)OC3C(COP(=O)(O)OC1C(n1cnc4c(=O)[nH]c(N)nc41)O2)OC(c1cnc2c(N)ncnn12)C3F. The molecule has 4 aromatic heterocycles. The van der Waals surface area contributed by atoms with Gasteiger partial charge in [0, 0.05) is 7.11 Å². The molecule has 2 bridgehead atoms. The lowest BCUT2D eigenvalue weighted by Gasteiger charge is -2.26. The van der Waals surface area contributed by atoms with Crippen molar-refractivity contribution in [2.75, 3.05) is 31.8 Å². The molecule has 46 heavy (non-hydrogen) atoms. The summed E-state index contributed by atoms with van der Waals surface area (Å²) in [6.07, 6.45) is -9.05. The molecule has 0 saturated carbocycles. The van der Waals surface area contributed by atoms with Gasteiger partial charge in [0.1, 0.15) is 43.0 Å². The molecule has 22 nitrogen and oxygen atoms in total. The number of aromatic nitrogens is 8. The topological polar surface area (TPSA) is 298 Å². The molecule has 7 rings (SSSR count). The smallest absolute Gasteiger partial charge is 0.381 e. The Bertz CT molecular complexity index is 1960. The summed E-state index contributed by atoms with van der Waals surface area (Å²) in [7, 11) is -8.97. The van der Waals surface area contributed by atoms with Crippen molar-refractivity contribution >= 4 is 44.2 Å². The van der Waals surface area contributed by atoms with Crippen molar-refractivity contribution in [1.29, 1.82) is 0 Å². The summed E-state index contributed by atoms with van der Waals surface area (Å²) < 4.78 is 83.1. The van der Waals surface area contributed by atoms with Gasteiger partial charge in [0.25, 0.3) is 5.56 Å². The van der Waals surface area contributed by atoms with Gasteiger partial charge in [-0.1, -0.05) is 0 Å². The number of phosphoric ester groups is 2. The highest BCUT2D eigenvalue weighted by Crippen LogP contribution is 2.54. The summed E-state index contributed by atoms with van der Waals surface area (Å²) in [4.78, 5) is 52.0. The van der Waals surface area contributed by atoms with Gasteiger partial charge in [-0.05, 0) is 0 Å². The average molecular weight is 690 g/mol. The number of H-pyrrole nitrogens is 1. The van der Waals surface area contributed by atoms with Crippen LogP contribution in [0.25, 0.3) is 16.8 Å². The van der Waals surface area contributed by atoms with Gasteiger partial charge in [0.2, 0.25) is 5.95 Å². The first-order chi connectivity index (χ1) is 21.9. The van der Waals surface area contributed by atoms with Gasteiger partial charge < -0.3 is 35.5 Å². The number of halogens is 1. The summed E-state index contributed by atoms with van der Waals surface area (Å²) in [6.45, 7) is -1.59. The zero-order valence-electron chi connectivity index (χ0n) is 23.3. The molecule has 248 valence electrons. The molecule has 3 aliphatic heterocycles. The second kappa shape index (κ2) is 11.3. The number of hydrogen-bond donors (Lipinski definition) is 5. The third kappa shape index (κ3) is 5.38. The van der Waals surface area contributed by atoms with E-state index in [4.69, 9.17) is 43.8 Å². The highest BCUT2D eigenvalue weighted by atomic mass is 31.2. The number of hydrogen-bond acceptors (Lipinski definition) is 17. The van der Waals surface area contributed by atoms with Gasteiger partial charge >= 0.3 is 15.6 Å². The Morgan fingerprint density at radius 1 is 1.04 bits per heavy atom. The lowest BCUT2D eigenvalue weighted by molar-refractivity contribution is -0.0639. The lowest BCUT2D eigenvalue weighted by Crippen LogP contribution is -2.37. The first kappa shape index (κ1) is 31.1. The zero-order chi connectivity index (χ0) is 32.5. The van der Waals surface area contributed by atoms with Crippen molar-refractivity contribution in [3.8, 4) is 0 Å². The van der Waals surface area contributed by atoms with E-state index in [9.17, 15) is 23.7 Å². The molecule has 3 aliphatic rings. The predicted octanol–water partition coefficient (Wildman–Crippen LogP) is -0.870. The number of phosphoric acid groups is 2. The summed E-state index contributed by atoms with van der Waals surface area (Å²) in [5, 5.41) is 4.00. The molecule has 0 aliphatic carbocycles. The van der Waals surface area contributed by atoms with Crippen LogP contribution >= 0.6 is 15.6 Å². The maximum absolute atomic E-state index is 16.0.